The zero-order valence-corrected chi connectivity index (χ0v) is 17.2. The lowest BCUT2D eigenvalue weighted by Crippen LogP contribution is -2.48. The highest BCUT2D eigenvalue weighted by Gasteiger charge is 2.23. The van der Waals surface area contributed by atoms with E-state index < -0.39 is 0 Å². The fourth-order valence-corrected chi connectivity index (χ4v) is 4.93. The summed E-state index contributed by atoms with van der Waals surface area (Å²) in [7, 11) is 0. The van der Waals surface area contributed by atoms with Crippen LogP contribution in [0.4, 0.5) is 0 Å². The van der Waals surface area contributed by atoms with E-state index in [1.54, 1.807) is 0 Å². The molecule has 1 aliphatic heterocycles. The van der Waals surface area contributed by atoms with Gasteiger partial charge >= 0.3 is 0 Å². The van der Waals surface area contributed by atoms with Crippen LogP contribution in [0.1, 0.15) is 40.3 Å². The lowest BCUT2D eigenvalue weighted by Gasteiger charge is -2.33. The topological polar surface area (TPSA) is 54.5 Å². The average molecular weight is 376 g/mol. The van der Waals surface area contributed by atoms with Gasteiger partial charge in [0.25, 0.3) is 5.91 Å². The van der Waals surface area contributed by atoms with Crippen molar-refractivity contribution in [3.05, 3.63) is 27.8 Å². The summed E-state index contributed by atoms with van der Waals surface area (Å²) in [6.45, 7) is 14.8. The van der Waals surface area contributed by atoms with E-state index in [9.17, 15) is 4.79 Å². The first kappa shape index (κ1) is 19.3. The van der Waals surface area contributed by atoms with Crippen molar-refractivity contribution in [3.63, 3.8) is 0 Å². The SMILES string of the molecule is Cc1cc(C)c2c(C)c(C(=O)NC[C@@H]3CN(CC(C)C)CCO3)sc2n1. The molecule has 0 aromatic carbocycles. The summed E-state index contributed by atoms with van der Waals surface area (Å²) >= 11 is 1.48. The number of hydrogen-bond acceptors (Lipinski definition) is 5. The zero-order valence-electron chi connectivity index (χ0n) is 16.4. The average Bonchev–Trinajstić information content (AvgIpc) is 2.89. The molecule has 0 spiro atoms. The van der Waals surface area contributed by atoms with Crippen molar-refractivity contribution >= 4 is 27.5 Å². The standard InChI is InChI=1S/C20H29N3O2S/c1-12(2)10-23-6-7-25-16(11-23)9-21-19(24)18-15(5)17-13(3)8-14(4)22-20(17)26-18/h8,12,16H,6-7,9-11H2,1-5H3,(H,21,24)/t16-/m1/s1. The Morgan fingerprint density at radius 1 is 1.42 bits per heavy atom. The Hall–Kier alpha value is -1.50. The molecule has 1 amide bonds. The monoisotopic (exact) mass is 375 g/mol. The molecule has 5 nitrogen and oxygen atoms in total. The smallest absolute Gasteiger partial charge is 0.261 e. The number of fused-ring (bicyclic) bond motifs is 1. The Morgan fingerprint density at radius 3 is 2.92 bits per heavy atom. The van der Waals surface area contributed by atoms with Crippen molar-refractivity contribution in [1.29, 1.82) is 0 Å². The molecule has 3 heterocycles. The van der Waals surface area contributed by atoms with E-state index in [0.717, 1.165) is 52.6 Å². The summed E-state index contributed by atoms with van der Waals surface area (Å²) in [5, 5.41) is 4.18. The first-order valence-corrected chi connectivity index (χ1v) is 10.2. The number of nitrogens with one attached hydrogen (secondary N) is 1. The van der Waals surface area contributed by atoms with Gasteiger partial charge in [-0.1, -0.05) is 13.8 Å². The first-order valence-electron chi connectivity index (χ1n) is 9.34. The predicted octanol–water partition coefficient (Wildman–Crippen LogP) is 3.31. The Bertz CT molecular complexity index is 800. The highest BCUT2D eigenvalue weighted by molar-refractivity contribution is 7.20. The van der Waals surface area contributed by atoms with Gasteiger partial charge in [0.2, 0.25) is 0 Å². The largest absolute Gasteiger partial charge is 0.374 e. The number of carbonyl (C=O) groups is 1. The Balaban J connectivity index is 1.66. The number of rotatable bonds is 5. The predicted molar refractivity (Wildman–Crippen MR) is 107 cm³/mol. The summed E-state index contributed by atoms with van der Waals surface area (Å²) < 4.78 is 5.83. The van der Waals surface area contributed by atoms with Crippen molar-refractivity contribution in [2.45, 2.75) is 40.7 Å². The maximum Gasteiger partial charge on any atom is 0.261 e. The third-order valence-corrected chi connectivity index (χ3v) is 5.95. The summed E-state index contributed by atoms with van der Waals surface area (Å²) in [6.07, 6.45) is 0.0586. The van der Waals surface area contributed by atoms with Crippen molar-refractivity contribution in [2.24, 2.45) is 5.92 Å². The number of amides is 1. The van der Waals surface area contributed by atoms with Crippen molar-refractivity contribution < 1.29 is 9.53 Å². The van der Waals surface area contributed by atoms with Gasteiger partial charge in [-0.3, -0.25) is 9.69 Å². The van der Waals surface area contributed by atoms with Crippen molar-refractivity contribution in [1.82, 2.24) is 15.2 Å². The van der Waals surface area contributed by atoms with Crippen LogP contribution in [0, 0.1) is 26.7 Å². The maximum absolute atomic E-state index is 12.7. The van der Waals surface area contributed by atoms with Gasteiger partial charge in [0.1, 0.15) is 4.83 Å². The fraction of sp³-hybridized carbons (Fsp3) is 0.600. The summed E-state index contributed by atoms with van der Waals surface area (Å²) in [5.41, 5.74) is 3.20. The maximum atomic E-state index is 12.7. The van der Waals surface area contributed by atoms with E-state index in [1.807, 2.05) is 13.8 Å². The molecule has 0 aliphatic carbocycles. The van der Waals surface area contributed by atoms with Crippen LogP contribution >= 0.6 is 11.3 Å². The molecule has 142 valence electrons. The Kier molecular flexibility index (Phi) is 5.95. The number of aryl methyl sites for hydroxylation is 3. The Labute approximate surface area is 159 Å². The van der Waals surface area contributed by atoms with Gasteiger partial charge in [-0.05, 0) is 43.9 Å². The molecule has 2 aromatic rings. The zero-order chi connectivity index (χ0) is 18.8. The molecule has 26 heavy (non-hydrogen) atoms. The van der Waals surface area contributed by atoms with Gasteiger partial charge < -0.3 is 10.1 Å². The van der Waals surface area contributed by atoms with E-state index in [0.29, 0.717) is 12.5 Å². The molecule has 1 atom stereocenters. The molecule has 1 fully saturated rings. The van der Waals surface area contributed by atoms with E-state index in [-0.39, 0.29) is 12.0 Å². The molecule has 1 N–H and O–H groups in total. The minimum absolute atomic E-state index is 0.0212. The third kappa shape index (κ3) is 4.24. The molecule has 0 bridgehead atoms. The lowest BCUT2D eigenvalue weighted by atomic mass is 10.1. The van der Waals surface area contributed by atoms with Crippen LogP contribution in [-0.4, -0.2) is 54.7 Å². The molecule has 1 aliphatic rings. The number of nitrogens with zero attached hydrogens (tertiary/aromatic N) is 2. The van der Waals surface area contributed by atoms with Gasteiger partial charge in [-0.2, -0.15) is 0 Å². The van der Waals surface area contributed by atoms with Gasteiger partial charge in [0.15, 0.2) is 0 Å². The van der Waals surface area contributed by atoms with Gasteiger partial charge in [-0.25, -0.2) is 4.98 Å². The highest BCUT2D eigenvalue weighted by Crippen LogP contribution is 2.32. The van der Waals surface area contributed by atoms with Gasteiger partial charge in [0.05, 0.1) is 17.6 Å². The van der Waals surface area contributed by atoms with Gasteiger partial charge in [-0.15, -0.1) is 11.3 Å². The second-order valence-electron chi connectivity index (χ2n) is 7.67. The molecule has 0 saturated carbocycles. The molecule has 6 heteroatoms. The number of aromatic nitrogens is 1. The second kappa shape index (κ2) is 8.03. The minimum atomic E-state index is -0.0212. The number of thiophene rings is 1. The number of pyridine rings is 1. The van der Waals surface area contributed by atoms with E-state index in [1.165, 1.54) is 16.9 Å². The van der Waals surface area contributed by atoms with E-state index in [4.69, 9.17) is 4.74 Å². The van der Waals surface area contributed by atoms with E-state index >= 15 is 0 Å². The van der Waals surface area contributed by atoms with Crippen LogP contribution in [0.5, 0.6) is 0 Å². The first-order chi connectivity index (χ1) is 12.3. The molecule has 1 saturated heterocycles. The van der Waals surface area contributed by atoms with Gasteiger partial charge in [0, 0.05) is 37.3 Å². The van der Waals surface area contributed by atoms with Crippen LogP contribution in [-0.2, 0) is 4.74 Å². The normalized spacial score (nSPS) is 18.6. The molecule has 2 aromatic heterocycles. The molecule has 0 radical (unpaired) electrons. The van der Waals surface area contributed by atoms with Crippen LogP contribution in [0.25, 0.3) is 10.2 Å². The molecule has 0 unspecified atom stereocenters. The summed E-state index contributed by atoms with van der Waals surface area (Å²) in [6, 6.07) is 2.07. The number of morpholine rings is 1. The minimum Gasteiger partial charge on any atom is -0.374 e. The summed E-state index contributed by atoms with van der Waals surface area (Å²) in [4.78, 5) is 21.5. The quantitative estimate of drug-likeness (QED) is 0.871. The summed E-state index contributed by atoms with van der Waals surface area (Å²) in [5.74, 6) is 0.621. The van der Waals surface area contributed by atoms with Crippen LogP contribution < -0.4 is 5.32 Å². The fourth-order valence-electron chi connectivity index (χ4n) is 3.71. The number of ether oxygens (including phenoxy) is 1. The van der Waals surface area contributed by atoms with Crippen molar-refractivity contribution in [3.8, 4) is 0 Å². The van der Waals surface area contributed by atoms with E-state index in [2.05, 4.69) is 42.0 Å². The highest BCUT2D eigenvalue weighted by atomic mass is 32.1. The number of hydrogen-bond donors (Lipinski definition) is 1. The van der Waals surface area contributed by atoms with Crippen LogP contribution in [0.2, 0.25) is 0 Å². The Morgan fingerprint density at radius 2 is 2.19 bits per heavy atom. The third-order valence-electron chi connectivity index (χ3n) is 4.77. The lowest BCUT2D eigenvalue weighted by molar-refractivity contribution is -0.0295. The van der Waals surface area contributed by atoms with Crippen molar-refractivity contribution in [2.75, 3.05) is 32.8 Å². The number of carbonyl (C=O) groups excluding carboxylic acids is 1. The molecule has 3 rings (SSSR count). The molecular formula is C20H29N3O2S. The molecular weight excluding hydrogens is 346 g/mol. The van der Waals surface area contributed by atoms with Crippen LogP contribution in [0.3, 0.4) is 0 Å². The second-order valence-corrected chi connectivity index (χ2v) is 8.67. The van der Waals surface area contributed by atoms with Crippen LogP contribution in [0.15, 0.2) is 6.07 Å².